The van der Waals surface area contributed by atoms with Gasteiger partial charge in [-0.25, -0.2) is 15.0 Å². The highest BCUT2D eigenvalue weighted by atomic mass is 16.4. The molecule has 104 valence electrons. The summed E-state index contributed by atoms with van der Waals surface area (Å²) >= 11 is 0. The summed E-state index contributed by atoms with van der Waals surface area (Å²) in [4.78, 5) is 39.6. The van der Waals surface area contributed by atoms with Crippen LogP contribution >= 0.6 is 0 Å². The van der Waals surface area contributed by atoms with Gasteiger partial charge in [-0.05, 0) is 0 Å². The van der Waals surface area contributed by atoms with Gasteiger partial charge in [-0.3, -0.25) is 9.59 Å². The lowest BCUT2D eigenvalue weighted by molar-refractivity contribution is -0.139. The highest BCUT2D eigenvalue weighted by Gasteiger charge is 2.33. The van der Waals surface area contributed by atoms with Crippen LogP contribution in [0.2, 0.25) is 0 Å². The molecule has 20 heavy (non-hydrogen) atoms. The molecule has 3 heterocycles. The van der Waals surface area contributed by atoms with Gasteiger partial charge in [0.25, 0.3) is 0 Å². The standard InChI is InChI=1S/C11H12N6O3/c18-7(19)3-6-11(20)12-1-2-17(6)10-8-9(14-4-13-8)15-5-16-10/h4-6H,1-3H2,(H,12,20)(H,18,19)(H,13,14,15,16). The quantitative estimate of drug-likeness (QED) is 0.665. The third-order valence-electron chi connectivity index (χ3n) is 3.17. The van der Waals surface area contributed by atoms with Gasteiger partial charge in [0, 0.05) is 13.1 Å². The molecule has 9 nitrogen and oxygen atoms in total. The lowest BCUT2D eigenvalue weighted by atomic mass is 10.1. The molecule has 0 radical (unpaired) electrons. The number of imidazole rings is 1. The minimum absolute atomic E-state index is 0.286. The van der Waals surface area contributed by atoms with Gasteiger partial charge in [0.15, 0.2) is 11.5 Å². The summed E-state index contributed by atoms with van der Waals surface area (Å²) in [5.74, 6) is -0.856. The molecular formula is C11H12N6O3. The first-order valence-corrected chi connectivity index (χ1v) is 6.07. The van der Waals surface area contributed by atoms with Crippen LogP contribution in [0.15, 0.2) is 12.7 Å². The Balaban J connectivity index is 2.03. The van der Waals surface area contributed by atoms with E-state index in [1.165, 1.54) is 12.7 Å². The number of nitrogens with one attached hydrogen (secondary N) is 2. The molecular weight excluding hydrogens is 264 g/mol. The fourth-order valence-corrected chi connectivity index (χ4v) is 2.31. The fourth-order valence-electron chi connectivity index (χ4n) is 2.31. The van der Waals surface area contributed by atoms with Crippen LogP contribution in [0, 0.1) is 0 Å². The average molecular weight is 276 g/mol. The van der Waals surface area contributed by atoms with E-state index in [0.29, 0.717) is 30.1 Å². The monoisotopic (exact) mass is 276 g/mol. The van der Waals surface area contributed by atoms with Crippen molar-refractivity contribution in [3.05, 3.63) is 12.7 Å². The molecule has 0 saturated carbocycles. The highest BCUT2D eigenvalue weighted by molar-refractivity contribution is 5.93. The van der Waals surface area contributed by atoms with Crippen LogP contribution in [-0.4, -0.2) is 56.1 Å². The first-order chi connectivity index (χ1) is 9.66. The van der Waals surface area contributed by atoms with Gasteiger partial charge in [-0.1, -0.05) is 0 Å². The molecule has 0 spiro atoms. The van der Waals surface area contributed by atoms with E-state index in [-0.39, 0.29) is 12.3 Å². The lowest BCUT2D eigenvalue weighted by Gasteiger charge is -2.35. The molecule has 0 aromatic carbocycles. The molecule has 3 N–H and O–H groups in total. The summed E-state index contributed by atoms with van der Waals surface area (Å²) in [5, 5.41) is 11.6. The molecule has 2 aromatic rings. The van der Waals surface area contributed by atoms with E-state index in [1.807, 2.05) is 0 Å². The summed E-state index contributed by atoms with van der Waals surface area (Å²) < 4.78 is 0. The summed E-state index contributed by atoms with van der Waals surface area (Å²) in [6.45, 7) is 0.920. The number of H-pyrrole nitrogens is 1. The largest absolute Gasteiger partial charge is 0.481 e. The number of carboxylic acid groups (broad SMARTS) is 1. The molecule has 1 aliphatic heterocycles. The molecule has 1 saturated heterocycles. The lowest BCUT2D eigenvalue weighted by Crippen LogP contribution is -2.56. The molecule has 1 fully saturated rings. The number of carbonyl (C=O) groups is 2. The van der Waals surface area contributed by atoms with Gasteiger partial charge in [-0.2, -0.15) is 0 Å². The van der Waals surface area contributed by atoms with Crippen LogP contribution in [0.1, 0.15) is 6.42 Å². The Hall–Kier alpha value is -2.71. The van der Waals surface area contributed by atoms with E-state index < -0.39 is 12.0 Å². The first-order valence-electron chi connectivity index (χ1n) is 6.07. The normalized spacial score (nSPS) is 19.1. The maximum Gasteiger partial charge on any atom is 0.305 e. The number of hydrogen-bond donors (Lipinski definition) is 3. The second-order valence-electron chi connectivity index (χ2n) is 4.40. The zero-order valence-electron chi connectivity index (χ0n) is 10.4. The Morgan fingerprint density at radius 2 is 2.30 bits per heavy atom. The molecule has 1 atom stereocenters. The Morgan fingerprint density at radius 1 is 1.45 bits per heavy atom. The molecule has 9 heteroatoms. The van der Waals surface area contributed by atoms with Crippen LogP contribution < -0.4 is 10.2 Å². The van der Waals surface area contributed by atoms with Crippen molar-refractivity contribution in [2.75, 3.05) is 18.0 Å². The summed E-state index contributed by atoms with van der Waals surface area (Å²) in [6, 6.07) is -0.789. The van der Waals surface area contributed by atoms with Gasteiger partial charge in [0.2, 0.25) is 5.91 Å². The summed E-state index contributed by atoms with van der Waals surface area (Å²) in [6.07, 6.45) is 2.55. The van der Waals surface area contributed by atoms with Crippen LogP contribution in [0.4, 0.5) is 5.82 Å². The van der Waals surface area contributed by atoms with E-state index in [0.717, 1.165) is 0 Å². The Morgan fingerprint density at radius 3 is 3.10 bits per heavy atom. The molecule has 3 rings (SSSR count). The summed E-state index contributed by atoms with van der Waals surface area (Å²) in [7, 11) is 0. The number of nitrogens with zero attached hydrogens (tertiary/aromatic N) is 4. The van der Waals surface area contributed by atoms with Crippen LogP contribution in [0.5, 0.6) is 0 Å². The van der Waals surface area contributed by atoms with Crippen molar-refractivity contribution in [2.24, 2.45) is 0 Å². The number of hydrogen-bond acceptors (Lipinski definition) is 6. The topological polar surface area (TPSA) is 124 Å². The van der Waals surface area contributed by atoms with Crippen molar-refractivity contribution in [3.8, 4) is 0 Å². The van der Waals surface area contributed by atoms with E-state index in [1.54, 1.807) is 4.90 Å². The molecule has 0 aliphatic carbocycles. The van der Waals surface area contributed by atoms with Crippen molar-refractivity contribution in [1.82, 2.24) is 25.3 Å². The maximum absolute atomic E-state index is 11.9. The number of anilines is 1. The smallest absolute Gasteiger partial charge is 0.305 e. The van der Waals surface area contributed by atoms with Crippen LogP contribution in [-0.2, 0) is 9.59 Å². The first kappa shape index (κ1) is 12.3. The number of aromatic amines is 1. The van der Waals surface area contributed by atoms with Crippen LogP contribution in [0.25, 0.3) is 11.2 Å². The van der Waals surface area contributed by atoms with Crippen molar-refractivity contribution in [3.63, 3.8) is 0 Å². The zero-order valence-corrected chi connectivity index (χ0v) is 10.4. The van der Waals surface area contributed by atoms with Gasteiger partial charge in [0.05, 0.1) is 12.7 Å². The Bertz CT molecular complexity index is 669. The van der Waals surface area contributed by atoms with Crippen molar-refractivity contribution < 1.29 is 14.7 Å². The van der Waals surface area contributed by atoms with Gasteiger partial charge >= 0.3 is 5.97 Å². The number of aliphatic carboxylic acids is 1. The van der Waals surface area contributed by atoms with Crippen LogP contribution in [0.3, 0.4) is 0 Å². The third-order valence-corrected chi connectivity index (χ3v) is 3.17. The van der Waals surface area contributed by atoms with Crippen molar-refractivity contribution in [2.45, 2.75) is 12.5 Å². The van der Waals surface area contributed by atoms with Gasteiger partial charge in [0.1, 0.15) is 17.9 Å². The van der Waals surface area contributed by atoms with Crippen molar-refractivity contribution >= 4 is 28.9 Å². The molecule has 0 bridgehead atoms. The molecule has 1 aliphatic rings. The highest BCUT2D eigenvalue weighted by Crippen LogP contribution is 2.23. The second-order valence-corrected chi connectivity index (χ2v) is 4.40. The third kappa shape index (κ3) is 2.02. The van der Waals surface area contributed by atoms with E-state index in [9.17, 15) is 9.59 Å². The zero-order chi connectivity index (χ0) is 14.1. The van der Waals surface area contributed by atoms with Gasteiger partial charge in [-0.15, -0.1) is 0 Å². The number of carboxylic acids is 1. The van der Waals surface area contributed by atoms with Crippen molar-refractivity contribution in [1.29, 1.82) is 0 Å². The minimum Gasteiger partial charge on any atom is -0.481 e. The minimum atomic E-state index is -1.04. The van der Waals surface area contributed by atoms with Gasteiger partial charge < -0.3 is 20.3 Å². The summed E-state index contributed by atoms with van der Waals surface area (Å²) in [5.41, 5.74) is 1.08. The number of carbonyl (C=O) groups excluding carboxylic acids is 1. The predicted octanol–water partition coefficient (Wildman–Crippen LogP) is -0.868. The Labute approximate surface area is 113 Å². The number of amides is 1. The van der Waals surface area contributed by atoms with E-state index in [4.69, 9.17) is 5.11 Å². The number of aromatic nitrogens is 4. The average Bonchev–Trinajstić information content (AvgIpc) is 2.89. The fraction of sp³-hybridized carbons (Fsp3) is 0.364. The maximum atomic E-state index is 11.9. The van der Waals surface area contributed by atoms with E-state index in [2.05, 4.69) is 25.3 Å². The number of rotatable bonds is 3. The predicted molar refractivity (Wildman–Crippen MR) is 68.1 cm³/mol. The molecule has 2 aromatic heterocycles. The Kier molecular flexibility index (Phi) is 2.93. The number of piperazine rings is 1. The molecule has 1 amide bonds. The second kappa shape index (κ2) is 4.76. The number of fused-ring (bicyclic) bond motifs is 1. The molecule has 1 unspecified atom stereocenters. The van der Waals surface area contributed by atoms with E-state index >= 15 is 0 Å². The SMILES string of the molecule is O=C(O)CC1C(=O)NCCN1c1ncnc2nc[nH]c12.